The van der Waals surface area contributed by atoms with E-state index in [4.69, 9.17) is 5.73 Å². The standard InChI is InChI=1S/C19H37N/c1-2-3-4-5-6-7-8-9-10-11-12-19(16-20)14-17-13-18(17)15-19/h17-18H,2-16,20H2,1H3. The molecule has 0 aromatic rings. The van der Waals surface area contributed by atoms with Gasteiger partial charge in [-0.05, 0) is 49.5 Å². The van der Waals surface area contributed by atoms with E-state index < -0.39 is 0 Å². The fraction of sp³-hybridized carbons (Fsp3) is 1.00. The van der Waals surface area contributed by atoms with Crippen LogP contribution in [0.3, 0.4) is 0 Å². The minimum atomic E-state index is 0.577. The molecule has 0 aromatic heterocycles. The summed E-state index contributed by atoms with van der Waals surface area (Å²) >= 11 is 0. The van der Waals surface area contributed by atoms with E-state index in [0.717, 1.165) is 18.4 Å². The molecule has 0 aromatic carbocycles. The summed E-state index contributed by atoms with van der Waals surface area (Å²) in [7, 11) is 0. The van der Waals surface area contributed by atoms with Crippen molar-refractivity contribution in [3.8, 4) is 0 Å². The molecule has 1 heteroatoms. The molecule has 0 aliphatic heterocycles. The normalized spacial score (nSPS) is 31.5. The van der Waals surface area contributed by atoms with Crippen LogP contribution >= 0.6 is 0 Å². The molecule has 118 valence electrons. The van der Waals surface area contributed by atoms with Crippen LogP contribution in [0.1, 0.15) is 96.8 Å². The fourth-order valence-corrected chi connectivity index (χ4v) is 4.47. The van der Waals surface area contributed by atoms with Crippen molar-refractivity contribution in [1.29, 1.82) is 0 Å². The molecule has 0 radical (unpaired) electrons. The lowest BCUT2D eigenvalue weighted by Gasteiger charge is -2.29. The highest BCUT2D eigenvalue weighted by molar-refractivity contribution is 5.03. The first-order valence-corrected chi connectivity index (χ1v) is 9.50. The molecular formula is C19H37N. The van der Waals surface area contributed by atoms with E-state index in [2.05, 4.69) is 6.92 Å². The van der Waals surface area contributed by atoms with Gasteiger partial charge in [0.05, 0.1) is 0 Å². The van der Waals surface area contributed by atoms with Crippen molar-refractivity contribution < 1.29 is 0 Å². The van der Waals surface area contributed by atoms with E-state index in [0.29, 0.717) is 5.41 Å². The van der Waals surface area contributed by atoms with Crippen molar-refractivity contribution in [2.75, 3.05) is 6.54 Å². The van der Waals surface area contributed by atoms with Gasteiger partial charge in [0.1, 0.15) is 0 Å². The van der Waals surface area contributed by atoms with Crippen LogP contribution in [0.4, 0.5) is 0 Å². The quantitative estimate of drug-likeness (QED) is 0.457. The van der Waals surface area contributed by atoms with Crippen LogP contribution in [-0.2, 0) is 0 Å². The largest absolute Gasteiger partial charge is 0.330 e. The smallest absolute Gasteiger partial charge is 0.00203 e. The van der Waals surface area contributed by atoms with Gasteiger partial charge < -0.3 is 5.73 Å². The molecule has 2 aliphatic rings. The number of fused-ring (bicyclic) bond motifs is 1. The van der Waals surface area contributed by atoms with Crippen LogP contribution in [0.15, 0.2) is 0 Å². The maximum absolute atomic E-state index is 6.07. The maximum atomic E-state index is 6.07. The Balaban J connectivity index is 1.40. The van der Waals surface area contributed by atoms with Crippen LogP contribution in [0, 0.1) is 17.3 Å². The molecule has 2 aliphatic carbocycles. The monoisotopic (exact) mass is 279 g/mol. The summed E-state index contributed by atoms with van der Waals surface area (Å²) < 4.78 is 0. The summed E-state index contributed by atoms with van der Waals surface area (Å²) in [6.07, 6.45) is 20.3. The van der Waals surface area contributed by atoms with Gasteiger partial charge in [-0.1, -0.05) is 71.1 Å². The molecule has 2 fully saturated rings. The highest BCUT2D eigenvalue weighted by atomic mass is 14.7. The van der Waals surface area contributed by atoms with Crippen LogP contribution in [0.5, 0.6) is 0 Å². The SMILES string of the molecule is CCCCCCCCCCCCC1(CN)CC2CC2C1. The predicted molar refractivity (Wildman–Crippen MR) is 88.8 cm³/mol. The Morgan fingerprint density at radius 2 is 1.30 bits per heavy atom. The molecule has 0 amide bonds. The van der Waals surface area contributed by atoms with Crippen molar-refractivity contribution in [2.24, 2.45) is 23.0 Å². The molecule has 0 saturated heterocycles. The fourth-order valence-electron chi connectivity index (χ4n) is 4.47. The first kappa shape index (κ1) is 16.3. The number of rotatable bonds is 12. The van der Waals surface area contributed by atoms with Gasteiger partial charge in [-0.3, -0.25) is 0 Å². The van der Waals surface area contributed by atoms with Crippen LogP contribution < -0.4 is 5.73 Å². The number of nitrogens with two attached hydrogens (primary N) is 1. The predicted octanol–water partition coefficient (Wildman–Crippen LogP) is 5.67. The van der Waals surface area contributed by atoms with E-state index in [1.165, 1.54) is 89.9 Å². The number of unbranched alkanes of at least 4 members (excludes halogenated alkanes) is 9. The summed E-state index contributed by atoms with van der Waals surface area (Å²) in [6.45, 7) is 3.25. The van der Waals surface area contributed by atoms with Crippen molar-refractivity contribution in [1.82, 2.24) is 0 Å². The Labute approximate surface area is 127 Å². The van der Waals surface area contributed by atoms with Gasteiger partial charge in [-0.25, -0.2) is 0 Å². The molecule has 2 unspecified atom stereocenters. The van der Waals surface area contributed by atoms with Gasteiger partial charge in [-0.15, -0.1) is 0 Å². The Hall–Kier alpha value is -0.0400. The molecule has 2 atom stereocenters. The highest BCUT2D eigenvalue weighted by Gasteiger charge is 2.52. The van der Waals surface area contributed by atoms with E-state index in [-0.39, 0.29) is 0 Å². The van der Waals surface area contributed by atoms with Crippen molar-refractivity contribution in [2.45, 2.75) is 96.8 Å². The average molecular weight is 280 g/mol. The van der Waals surface area contributed by atoms with Crippen molar-refractivity contribution >= 4 is 0 Å². The molecular weight excluding hydrogens is 242 g/mol. The average Bonchev–Trinajstić information content (AvgIpc) is 3.08. The number of hydrogen-bond donors (Lipinski definition) is 1. The minimum absolute atomic E-state index is 0.577. The van der Waals surface area contributed by atoms with Gasteiger partial charge in [0, 0.05) is 0 Å². The molecule has 20 heavy (non-hydrogen) atoms. The second kappa shape index (κ2) is 8.41. The second-order valence-electron chi connectivity index (χ2n) is 7.80. The third-order valence-electron chi connectivity index (χ3n) is 5.95. The van der Waals surface area contributed by atoms with E-state index >= 15 is 0 Å². The van der Waals surface area contributed by atoms with Crippen molar-refractivity contribution in [3.05, 3.63) is 0 Å². The van der Waals surface area contributed by atoms with Gasteiger partial charge in [0.2, 0.25) is 0 Å². The number of hydrogen-bond acceptors (Lipinski definition) is 1. The molecule has 2 N–H and O–H groups in total. The summed E-state index contributed by atoms with van der Waals surface area (Å²) in [5.74, 6) is 2.17. The van der Waals surface area contributed by atoms with Gasteiger partial charge in [-0.2, -0.15) is 0 Å². The Morgan fingerprint density at radius 1 is 0.800 bits per heavy atom. The molecule has 2 saturated carbocycles. The summed E-state index contributed by atoms with van der Waals surface area (Å²) in [4.78, 5) is 0. The lowest BCUT2D eigenvalue weighted by Crippen LogP contribution is -2.28. The minimum Gasteiger partial charge on any atom is -0.330 e. The van der Waals surface area contributed by atoms with Gasteiger partial charge in [0.25, 0.3) is 0 Å². The molecule has 1 nitrogen and oxygen atoms in total. The van der Waals surface area contributed by atoms with E-state index in [9.17, 15) is 0 Å². The topological polar surface area (TPSA) is 26.0 Å². The third-order valence-corrected chi connectivity index (χ3v) is 5.95. The Bertz CT molecular complexity index is 250. The Morgan fingerprint density at radius 3 is 1.80 bits per heavy atom. The first-order chi connectivity index (χ1) is 9.79. The van der Waals surface area contributed by atoms with Gasteiger partial charge in [0.15, 0.2) is 0 Å². The third kappa shape index (κ3) is 5.06. The lowest BCUT2D eigenvalue weighted by atomic mass is 9.78. The zero-order valence-corrected chi connectivity index (χ0v) is 13.8. The summed E-state index contributed by atoms with van der Waals surface area (Å²) in [5, 5.41) is 0. The molecule has 2 rings (SSSR count). The van der Waals surface area contributed by atoms with E-state index in [1.807, 2.05) is 0 Å². The maximum Gasteiger partial charge on any atom is -0.00203 e. The van der Waals surface area contributed by atoms with Crippen LogP contribution in [0.2, 0.25) is 0 Å². The van der Waals surface area contributed by atoms with Gasteiger partial charge >= 0.3 is 0 Å². The van der Waals surface area contributed by atoms with Crippen LogP contribution in [0.25, 0.3) is 0 Å². The lowest BCUT2D eigenvalue weighted by molar-refractivity contribution is 0.242. The zero-order valence-electron chi connectivity index (χ0n) is 13.8. The molecule has 0 spiro atoms. The van der Waals surface area contributed by atoms with E-state index in [1.54, 1.807) is 0 Å². The van der Waals surface area contributed by atoms with Crippen LogP contribution in [-0.4, -0.2) is 6.54 Å². The summed E-state index contributed by atoms with van der Waals surface area (Å²) in [6, 6.07) is 0. The second-order valence-corrected chi connectivity index (χ2v) is 7.80. The zero-order chi connectivity index (χ0) is 14.3. The van der Waals surface area contributed by atoms with Crippen molar-refractivity contribution in [3.63, 3.8) is 0 Å². The first-order valence-electron chi connectivity index (χ1n) is 9.50. The highest BCUT2D eigenvalue weighted by Crippen LogP contribution is 2.61. The summed E-state index contributed by atoms with van der Waals surface area (Å²) in [5.41, 5.74) is 6.65. The molecule has 0 heterocycles. The Kier molecular flexibility index (Phi) is 6.87. The molecule has 0 bridgehead atoms.